The maximum absolute atomic E-state index is 10.7. The van der Waals surface area contributed by atoms with Gasteiger partial charge >= 0.3 is 0 Å². The first-order valence-electron chi connectivity index (χ1n) is 4.53. The number of rotatable bonds is 2. The molecule has 0 aliphatic heterocycles. The van der Waals surface area contributed by atoms with Crippen molar-refractivity contribution in [1.29, 1.82) is 0 Å². The Bertz CT molecular complexity index is 428. The Balaban J connectivity index is 3.25. The zero-order chi connectivity index (χ0) is 12.5. The number of halogens is 1. The van der Waals surface area contributed by atoms with Crippen LogP contribution in [0.5, 0.6) is 0 Å². The first-order valence-corrected chi connectivity index (χ1v) is 4.91. The van der Waals surface area contributed by atoms with E-state index in [0.29, 0.717) is 0 Å². The van der Waals surface area contributed by atoms with Crippen LogP contribution < -0.4 is 16.2 Å². The van der Waals surface area contributed by atoms with Crippen LogP contribution in [0.1, 0.15) is 31.3 Å². The summed E-state index contributed by atoms with van der Waals surface area (Å²) in [5, 5.41) is 13.5. The number of carbonyl (C=O) groups excluding carboxylic acids is 1. The standard InChI is InChI=1S/C9H13ClN4O2/c1-9(2,3)14-6-4(11)5(7(15)16)12-8(10)13-6/h11H2,1-3H3,(H,15,16)(H,12,13,14)/p-1. The van der Waals surface area contributed by atoms with Crippen molar-refractivity contribution in [3.8, 4) is 0 Å². The Morgan fingerprint density at radius 2 is 2.00 bits per heavy atom. The summed E-state index contributed by atoms with van der Waals surface area (Å²) in [5.41, 5.74) is 4.77. The van der Waals surface area contributed by atoms with Crippen LogP contribution in [0.25, 0.3) is 0 Å². The molecule has 1 aromatic rings. The smallest absolute Gasteiger partial charge is 0.225 e. The first-order chi connectivity index (χ1) is 7.20. The molecule has 1 aromatic heterocycles. The van der Waals surface area contributed by atoms with Crippen molar-refractivity contribution in [1.82, 2.24) is 9.97 Å². The molecule has 0 aromatic carbocycles. The number of hydrogen-bond acceptors (Lipinski definition) is 6. The predicted octanol–water partition coefficient (Wildman–Crippen LogP) is 0.286. The topological polar surface area (TPSA) is 104 Å². The molecule has 0 bridgehead atoms. The summed E-state index contributed by atoms with van der Waals surface area (Å²) in [7, 11) is 0. The van der Waals surface area contributed by atoms with Gasteiger partial charge in [0.1, 0.15) is 11.4 Å². The highest BCUT2D eigenvalue weighted by molar-refractivity contribution is 6.28. The van der Waals surface area contributed by atoms with Gasteiger partial charge in [-0.05, 0) is 32.4 Å². The van der Waals surface area contributed by atoms with Gasteiger partial charge in [-0.3, -0.25) is 0 Å². The molecule has 16 heavy (non-hydrogen) atoms. The average molecular weight is 244 g/mol. The summed E-state index contributed by atoms with van der Waals surface area (Å²) in [5.74, 6) is -1.30. The van der Waals surface area contributed by atoms with E-state index in [-0.39, 0.29) is 22.3 Å². The molecule has 88 valence electrons. The SMILES string of the molecule is CC(C)(C)Nc1nc(Cl)nc(C(=O)[O-])c1N. The van der Waals surface area contributed by atoms with Crippen LogP contribution in [-0.4, -0.2) is 21.5 Å². The summed E-state index contributed by atoms with van der Waals surface area (Å²) in [6.07, 6.45) is 0. The zero-order valence-electron chi connectivity index (χ0n) is 9.17. The summed E-state index contributed by atoms with van der Waals surface area (Å²) in [4.78, 5) is 18.0. The second kappa shape index (κ2) is 4.13. The Hall–Kier alpha value is -1.56. The van der Waals surface area contributed by atoms with Crippen LogP contribution >= 0.6 is 11.6 Å². The fraction of sp³-hybridized carbons (Fsp3) is 0.444. The van der Waals surface area contributed by atoms with Crippen LogP contribution in [0.4, 0.5) is 11.5 Å². The second-order valence-corrected chi connectivity index (χ2v) is 4.60. The quantitative estimate of drug-likeness (QED) is 0.724. The first kappa shape index (κ1) is 12.5. The van der Waals surface area contributed by atoms with Crippen LogP contribution in [0.2, 0.25) is 5.28 Å². The summed E-state index contributed by atoms with van der Waals surface area (Å²) in [6, 6.07) is 0. The number of aromatic nitrogens is 2. The van der Waals surface area contributed by atoms with Crippen LogP contribution in [0.3, 0.4) is 0 Å². The third-order valence-electron chi connectivity index (χ3n) is 1.61. The van der Waals surface area contributed by atoms with Crippen LogP contribution in [0, 0.1) is 0 Å². The van der Waals surface area contributed by atoms with E-state index in [0.717, 1.165) is 0 Å². The maximum Gasteiger partial charge on any atom is 0.225 e. The second-order valence-electron chi connectivity index (χ2n) is 4.27. The lowest BCUT2D eigenvalue weighted by Crippen LogP contribution is -2.30. The molecule has 6 nitrogen and oxygen atoms in total. The average Bonchev–Trinajstić information content (AvgIpc) is 2.07. The monoisotopic (exact) mass is 243 g/mol. The van der Waals surface area contributed by atoms with Gasteiger partial charge in [0.25, 0.3) is 0 Å². The molecule has 3 N–H and O–H groups in total. The number of aromatic carboxylic acids is 1. The van der Waals surface area contributed by atoms with Crippen molar-refractivity contribution in [2.75, 3.05) is 11.1 Å². The van der Waals surface area contributed by atoms with Gasteiger partial charge in [-0.15, -0.1) is 0 Å². The third kappa shape index (κ3) is 2.96. The fourth-order valence-electron chi connectivity index (χ4n) is 1.05. The number of nitrogens with one attached hydrogen (secondary N) is 1. The third-order valence-corrected chi connectivity index (χ3v) is 1.77. The Labute approximate surface area is 97.8 Å². The Morgan fingerprint density at radius 1 is 1.44 bits per heavy atom. The molecule has 0 unspecified atom stereocenters. The molecule has 0 saturated carbocycles. The van der Waals surface area contributed by atoms with E-state index < -0.39 is 11.7 Å². The number of carboxylic acids is 1. The minimum atomic E-state index is -1.49. The molecule has 7 heteroatoms. The van der Waals surface area contributed by atoms with E-state index in [1.165, 1.54) is 0 Å². The van der Waals surface area contributed by atoms with Crippen molar-refractivity contribution in [3.63, 3.8) is 0 Å². The molecule has 0 fully saturated rings. The highest BCUT2D eigenvalue weighted by atomic mass is 35.5. The molecule has 0 spiro atoms. The van der Waals surface area contributed by atoms with Gasteiger partial charge in [0.15, 0.2) is 5.82 Å². The van der Waals surface area contributed by atoms with Crippen molar-refractivity contribution in [2.24, 2.45) is 0 Å². The van der Waals surface area contributed by atoms with Gasteiger partial charge in [0.05, 0.1) is 5.97 Å². The molecule has 0 radical (unpaired) electrons. The van der Waals surface area contributed by atoms with E-state index in [2.05, 4.69) is 15.3 Å². The van der Waals surface area contributed by atoms with E-state index in [9.17, 15) is 9.90 Å². The summed E-state index contributed by atoms with van der Waals surface area (Å²) < 4.78 is 0. The van der Waals surface area contributed by atoms with Gasteiger partial charge in [-0.25, -0.2) is 4.98 Å². The minimum absolute atomic E-state index is 0.0840. The zero-order valence-corrected chi connectivity index (χ0v) is 9.92. The van der Waals surface area contributed by atoms with E-state index >= 15 is 0 Å². The molecular formula is C9H12ClN4O2-. The molecule has 0 aliphatic rings. The number of nitrogens with two attached hydrogens (primary N) is 1. The summed E-state index contributed by atoms with van der Waals surface area (Å²) in [6.45, 7) is 5.63. The van der Waals surface area contributed by atoms with Crippen molar-refractivity contribution < 1.29 is 9.90 Å². The number of nitrogen functional groups attached to an aromatic ring is 1. The number of nitrogens with zero attached hydrogens (tertiary/aromatic N) is 2. The predicted molar refractivity (Wildman–Crippen MR) is 59.2 cm³/mol. The van der Waals surface area contributed by atoms with E-state index in [4.69, 9.17) is 17.3 Å². The lowest BCUT2D eigenvalue weighted by Gasteiger charge is -2.23. The molecule has 0 atom stereocenters. The van der Waals surface area contributed by atoms with Gasteiger partial charge in [-0.1, -0.05) is 0 Å². The largest absolute Gasteiger partial charge is 0.543 e. The number of carbonyl (C=O) groups is 1. The van der Waals surface area contributed by atoms with Gasteiger partial charge in [0, 0.05) is 5.54 Å². The molecular weight excluding hydrogens is 232 g/mol. The van der Waals surface area contributed by atoms with Gasteiger partial charge < -0.3 is 21.0 Å². The molecule has 0 saturated heterocycles. The number of hydrogen-bond donors (Lipinski definition) is 2. The lowest BCUT2D eigenvalue weighted by atomic mass is 10.1. The van der Waals surface area contributed by atoms with Crippen molar-refractivity contribution >= 4 is 29.1 Å². The van der Waals surface area contributed by atoms with Crippen LogP contribution in [-0.2, 0) is 0 Å². The van der Waals surface area contributed by atoms with Crippen LogP contribution in [0.15, 0.2) is 0 Å². The lowest BCUT2D eigenvalue weighted by molar-refractivity contribution is -0.255. The molecule has 0 amide bonds. The number of carboxylic acid groups (broad SMARTS) is 1. The minimum Gasteiger partial charge on any atom is -0.543 e. The van der Waals surface area contributed by atoms with Gasteiger partial charge in [-0.2, -0.15) is 4.98 Å². The van der Waals surface area contributed by atoms with Crippen molar-refractivity contribution in [3.05, 3.63) is 11.0 Å². The normalized spacial score (nSPS) is 11.2. The fourth-order valence-corrected chi connectivity index (χ4v) is 1.22. The molecule has 0 aliphatic carbocycles. The summed E-state index contributed by atoms with van der Waals surface area (Å²) >= 11 is 5.59. The molecule has 1 heterocycles. The Kier molecular flexibility index (Phi) is 3.23. The van der Waals surface area contributed by atoms with Gasteiger partial charge in [0.2, 0.25) is 5.28 Å². The maximum atomic E-state index is 10.7. The van der Waals surface area contributed by atoms with E-state index in [1.54, 1.807) is 0 Å². The van der Waals surface area contributed by atoms with Crippen molar-refractivity contribution in [2.45, 2.75) is 26.3 Å². The Morgan fingerprint density at radius 3 is 2.44 bits per heavy atom. The molecule has 1 rings (SSSR count). The van der Waals surface area contributed by atoms with E-state index in [1.807, 2.05) is 20.8 Å². The number of anilines is 2. The highest BCUT2D eigenvalue weighted by Gasteiger charge is 2.16. The highest BCUT2D eigenvalue weighted by Crippen LogP contribution is 2.23.